The molecule has 3 N–H and O–H groups in total. The maximum Gasteiger partial charge on any atom is 0.357 e. The van der Waals surface area contributed by atoms with E-state index in [1.165, 1.54) is 13.0 Å². The molecule has 1 fully saturated rings. The molecule has 164 valence electrons. The highest BCUT2D eigenvalue weighted by molar-refractivity contribution is 5.87. The van der Waals surface area contributed by atoms with Crippen LogP contribution >= 0.6 is 0 Å². The van der Waals surface area contributed by atoms with Crippen molar-refractivity contribution in [3.05, 3.63) is 63.8 Å². The Bertz CT molecular complexity index is 956. The monoisotopic (exact) mass is 426 g/mol. The number of aromatic amines is 1. The zero-order valence-electron chi connectivity index (χ0n) is 17.8. The molecule has 1 aliphatic heterocycles. The molecule has 0 saturated carbocycles. The lowest BCUT2D eigenvalue weighted by molar-refractivity contribution is -0.411. The van der Waals surface area contributed by atoms with Gasteiger partial charge in [-0.15, -0.1) is 0 Å². The van der Waals surface area contributed by atoms with Gasteiger partial charge in [0.25, 0.3) is 0 Å². The van der Waals surface area contributed by atoms with E-state index in [-0.39, 0.29) is 23.5 Å². The van der Waals surface area contributed by atoms with Crippen LogP contribution in [0.25, 0.3) is 0 Å². The van der Waals surface area contributed by atoms with Crippen molar-refractivity contribution in [1.29, 1.82) is 0 Å². The molecule has 2 amide bonds. The normalized spacial score (nSPS) is 15.2. The minimum absolute atomic E-state index is 0.0360. The predicted molar refractivity (Wildman–Crippen MR) is 116 cm³/mol. The van der Waals surface area contributed by atoms with Crippen LogP contribution in [0.5, 0.6) is 0 Å². The number of aryl methyl sites for hydroxylation is 1. The van der Waals surface area contributed by atoms with Crippen LogP contribution in [-0.2, 0) is 16.0 Å². The number of nitro groups is 1. The molecular formula is C22H28N5O4+. The van der Waals surface area contributed by atoms with Gasteiger partial charge < -0.3 is 10.6 Å². The van der Waals surface area contributed by atoms with E-state index < -0.39 is 11.0 Å². The summed E-state index contributed by atoms with van der Waals surface area (Å²) in [7, 11) is 0. The number of anilines is 1. The minimum atomic E-state index is -0.652. The van der Waals surface area contributed by atoms with Gasteiger partial charge in [-0.1, -0.05) is 29.8 Å². The minimum Gasteiger partial charge on any atom is -0.351 e. The Morgan fingerprint density at radius 1 is 1.26 bits per heavy atom. The largest absolute Gasteiger partial charge is 0.357 e. The van der Waals surface area contributed by atoms with Crippen LogP contribution < -0.4 is 20.5 Å². The van der Waals surface area contributed by atoms with E-state index in [0.29, 0.717) is 38.2 Å². The molecule has 0 spiro atoms. The SMILES string of the molecule is CC(=O)N[C@@H](Cc1cccc(C)c1)C(=O)NC1CCN(c2[nH+]cccc2[N+](=O)[O-])CC1. The second-order valence-corrected chi connectivity index (χ2v) is 7.88. The number of hydrogen-bond acceptors (Lipinski definition) is 5. The average Bonchev–Trinajstić information content (AvgIpc) is 2.73. The average molecular weight is 426 g/mol. The summed E-state index contributed by atoms with van der Waals surface area (Å²) in [6, 6.07) is 10.2. The number of hydrogen-bond donors (Lipinski definition) is 2. The van der Waals surface area contributed by atoms with Gasteiger partial charge in [0.05, 0.1) is 24.2 Å². The summed E-state index contributed by atoms with van der Waals surface area (Å²) < 4.78 is 0. The van der Waals surface area contributed by atoms with Crippen LogP contribution in [-0.4, -0.2) is 41.9 Å². The van der Waals surface area contributed by atoms with Gasteiger partial charge in [0.15, 0.2) is 0 Å². The zero-order valence-corrected chi connectivity index (χ0v) is 17.8. The standard InChI is InChI=1S/C22H27N5O4/c1-15-5-3-6-17(13-15)14-19(24-16(2)28)22(29)25-18-8-11-26(12-9-18)21-20(27(30)31)7-4-10-23-21/h3-7,10,13,18-19H,8-9,11-12,14H2,1-2H3,(H,24,28)(H,25,29)/p+1/t19-/m0/s1. The summed E-state index contributed by atoms with van der Waals surface area (Å²) in [5.41, 5.74) is 2.11. The summed E-state index contributed by atoms with van der Waals surface area (Å²) in [5, 5.41) is 17.1. The first kappa shape index (κ1) is 22.2. The maximum atomic E-state index is 12.9. The second kappa shape index (κ2) is 10.0. The number of benzene rings is 1. The van der Waals surface area contributed by atoms with Crippen molar-refractivity contribution < 1.29 is 19.5 Å². The molecule has 2 aromatic rings. The van der Waals surface area contributed by atoms with Crippen molar-refractivity contribution in [2.24, 2.45) is 0 Å². The second-order valence-electron chi connectivity index (χ2n) is 7.88. The zero-order chi connectivity index (χ0) is 22.4. The number of nitrogens with zero attached hydrogens (tertiary/aromatic N) is 2. The van der Waals surface area contributed by atoms with Gasteiger partial charge in [0.2, 0.25) is 11.8 Å². The molecule has 9 nitrogen and oxygen atoms in total. The van der Waals surface area contributed by atoms with Gasteiger partial charge in [-0.2, -0.15) is 0 Å². The highest BCUT2D eigenvalue weighted by atomic mass is 16.6. The number of carbonyl (C=O) groups excluding carboxylic acids is 2. The Kier molecular flexibility index (Phi) is 7.17. The molecule has 1 atom stereocenters. The third-order valence-electron chi connectivity index (χ3n) is 5.38. The number of amides is 2. The molecule has 1 saturated heterocycles. The summed E-state index contributed by atoms with van der Waals surface area (Å²) in [6.07, 6.45) is 3.39. The van der Waals surface area contributed by atoms with Gasteiger partial charge in [-0.25, -0.2) is 4.98 Å². The Balaban J connectivity index is 1.61. The smallest absolute Gasteiger partial charge is 0.351 e. The number of carbonyl (C=O) groups is 2. The van der Waals surface area contributed by atoms with Crippen molar-refractivity contribution in [1.82, 2.24) is 10.6 Å². The molecule has 0 aliphatic carbocycles. The van der Waals surface area contributed by atoms with Crippen molar-refractivity contribution in [2.45, 2.75) is 45.2 Å². The third kappa shape index (κ3) is 6.00. The Morgan fingerprint density at radius 3 is 2.65 bits per heavy atom. The first-order valence-corrected chi connectivity index (χ1v) is 10.4. The van der Waals surface area contributed by atoms with Gasteiger partial charge >= 0.3 is 11.5 Å². The molecule has 9 heteroatoms. The fourth-order valence-corrected chi connectivity index (χ4v) is 3.90. The van der Waals surface area contributed by atoms with Crippen molar-refractivity contribution >= 4 is 23.3 Å². The third-order valence-corrected chi connectivity index (χ3v) is 5.38. The van der Waals surface area contributed by atoms with E-state index in [1.807, 2.05) is 36.1 Å². The summed E-state index contributed by atoms with van der Waals surface area (Å²) >= 11 is 0. The van der Waals surface area contributed by atoms with Crippen LogP contribution in [0.3, 0.4) is 0 Å². The van der Waals surface area contributed by atoms with Gasteiger partial charge in [-0.05, 0) is 18.6 Å². The number of nitrogens with one attached hydrogen (secondary N) is 3. The van der Waals surface area contributed by atoms with Gasteiger partial charge in [-0.3, -0.25) is 24.6 Å². The molecule has 3 rings (SSSR count). The molecule has 2 heterocycles. The molecule has 0 unspecified atom stereocenters. The Hall–Kier alpha value is -3.49. The van der Waals surface area contributed by atoms with Crippen LogP contribution in [0.2, 0.25) is 0 Å². The van der Waals surface area contributed by atoms with E-state index >= 15 is 0 Å². The Labute approximate surface area is 181 Å². The lowest BCUT2D eigenvalue weighted by atomic mass is 10.0. The quantitative estimate of drug-likeness (QED) is 0.514. The number of rotatable bonds is 7. The fraction of sp³-hybridized carbons (Fsp3) is 0.409. The summed E-state index contributed by atoms with van der Waals surface area (Å²) in [4.78, 5) is 40.3. The number of H-pyrrole nitrogens is 1. The maximum absolute atomic E-state index is 12.9. The van der Waals surface area contributed by atoms with Crippen LogP contribution in [0.1, 0.15) is 30.9 Å². The van der Waals surface area contributed by atoms with E-state index in [0.717, 1.165) is 11.1 Å². The van der Waals surface area contributed by atoms with E-state index in [9.17, 15) is 19.7 Å². The van der Waals surface area contributed by atoms with Crippen LogP contribution in [0.4, 0.5) is 11.5 Å². The summed E-state index contributed by atoms with van der Waals surface area (Å²) in [5.74, 6) is 0.00908. The van der Waals surface area contributed by atoms with Crippen molar-refractivity contribution in [3.8, 4) is 0 Å². The predicted octanol–water partition coefficient (Wildman–Crippen LogP) is 1.55. The highest BCUT2D eigenvalue weighted by Gasteiger charge is 2.33. The number of pyridine rings is 1. The number of aromatic nitrogens is 1. The fourth-order valence-electron chi connectivity index (χ4n) is 3.90. The number of piperidine rings is 1. The molecule has 1 aromatic carbocycles. The molecular weight excluding hydrogens is 398 g/mol. The van der Waals surface area contributed by atoms with E-state index in [4.69, 9.17) is 0 Å². The lowest BCUT2D eigenvalue weighted by Gasteiger charge is -2.29. The first-order valence-electron chi connectivity index (χ1n) is 10.4. The lowest BCUT2D eigenvalue weighted by Crippen LogP contribution is -2.53. The van der Waals surface area contributed by atoms with Crippen LogP contribution in [0, 0.1) is 17.0 Å². The molecule has 0 radical (unpaired) electrons. The van der Waals surface area contributed by atoms with Crippen LogP contribution in [0.15, 0.2) is 42.6 Å². The molecule has 0 bridgehead atoms. The summed E-state index contributed by atoms with van der Waals surface area (Å²) in [6.45, 7) is 4.54. The van der Waals surface area contributed by atoms with Crippen molar-refractivity contribution in [3.63, 3.8) is 0 Å². The van der Waals surface area contributed by atoms with Gasteiger partial charge in [0, 0.05) is 38.3 Å². The van der Waals surface area contributed by atoms with E-state index in [2.05, 4.69) is 15.6 Å². The molecule has 31 heavy (non-hydrogen) atoms. The van der Waals surface area contributed by atoms with Crippen molar-refractivity contribution in [2.75, 3.05) is 18.0 Å². The Morgan fingerprint density at radius 2 is 2.00 bits per heavy atom. The van der Waals surface area contributed by atoms with E-state index in [1.54, 1.807) is 12.3 Å². The highest BCUT2D eigenvalue weighted by Crippen LogP contribution is 2.25. The van der Waals surface area contributed by atoms with Gasteiger partial charge in [0.1, 0.15) is 6.04 Å². The topological polar surface area (TPSA) is 119 Å². The molecule has 1 aliphatic rings. The molecule has 1 aromatic heterocycles. The first-order chi connectivity index (χ1) is 14.8.